The molecule has 1 unspecified atom stereocenters. The van der Waals surface area contributed by atoms with Gasteiger partial charge >= 0.3 is 0 Å². The fourth-order valence-electron chi connectivity index (χ4n) is 0.870. The minimum absolute atomic E-state index is 0.403. The molecule has 1 fully saturated rings. The van der Waals surface area contributed by atoms with Crippen molar-refractivity contribution in [2.24, 2.45) is 0 Å². The normalized spacial score (nSPS) is 31.7. The molecule has 1 heterocycles. The van der Waals surface area contributed by atoms with Gasteiger partial charge in [-0.3, -0.25) is 0 Å². The lowest BCUT2D eigenvalue weighted by Crippen LogP contribution is -2.09. The van der Waals surface area contributed by atoms with Gasteiger partial charge in [0.25, 0.3) is 6.13 Å². The van der Waals surface area contributed by atoms with Crippen LogP contribution in [-0.2, 0) is 0 Å². The van der Waals surface area contributed by atoms with Gasteiger partial charge in [0.15, 0.2) is 0 Å². The van der Waals surface area contributed by atoms with E-state index >= 15 is 0 Å². The summed E-state index contributed by atoms with van der Waals surface area (Å²) >= 11 is 9.29. The van der Waals surface area contributed by atoms with Crippen LogP contribution in [0.4, 0.5) is 0 Å². The minimum atomic E-state index is 0.403. The first kappa shape index (κ1) is 5.96. The number of rotatable bonds is 0. The summed E-state index contributed by atoms with van der Waals surface area (Å²) in [5.41, 5.74) is 0. The monoisotopic (exact) mass is 180 g/mol. The largest absolute Gasteiger partial charge is 0.264 e. The van der Waals surface area contributed by atoms with E-state index in [-0.39, 0.29) is 0 Å². The van der Waals surface area contributed by atoms with E-state index in [1.54, 1.807) is 0 Å². The number of hydrogen-bond donors (Lipinski definition) is 0. The minimum Gasteiger partial charge on any atom is -0.194 e. The van der Waals surface area contributed by atoms with E-state index in [0.717, 1.165) is 0 Å². The van der Waals surface area contributed by atoms with Gasteiger partial charge in [-0.1, -0.05) is 28.7 Å². The molecule has 1 atom stereocenters. The van der Waals surface area contributed by atoms with Crippen LogP contribution in [0.15, 0.2) is 0 Å². The van der Waals surface area contributed by atoms with E-state index in [9.17, 15) is 0 Å². The highest BCUT2D eigenvalue weighted by Crippen LogP contribution is 2.27. The lowest BCUT2D eigenvalue weighted by Gasteiger charge is -1.95. The Morgan fingerprint density at radius 1 is 1.71 bits per heavy atom. The molecule has 40 valence electrons. The third-order valence-corrected chi connectivity index (χ3v) is 3.28. The molecule has 0 N–H and O–H groups in total. The Labute approximate surface area is 57.7 Å². The molecule has 0 nitrogen and oxygen atoms in total. The Hall–Kier alpha value is 0.835. The van der Waals surface area contributed by atoms with E-state index in [1.165, 1.54) is 19.2 Å². The van der Waals surface area contributed by atoms with Crippen molar-refractivity contribution in [1.29, 1.82) is 0 Å². The average molecular weight is 181 g/mol. The van der Waals surface area contributed by atoms with Gasteiger partial charge in [0.1, 0.15) is 0 Å². The van der Waals surface area contributed by atoms with Crippen molar-refractivity contribution in [3.63, 3.8) is 0 Å². The maximum Gasteiger partial charge on any atom is 0.264 e. The van der Waals surface area contributed by atoms with Gasteiger partial charge in [-0.05, 0) is 6.42 Å². The van der Waals surface area contributed by atoms with Gasteiger partial charge in [0.05, 0.1) is 0 Å². The van der Waals surface area contributed by atoms with E-state index in [4.69, 9.17) is 11.5 Å². The first-order chi connectivity index (χ1) is 3.30. The SMILES string of the molecule is ClB1CCCC1Br. The Morgan fingerprint density at radius 2 is 2.43 bits per heavy atom. The van der Waals surface area contributed by atoms with Gasteiger partial charge in [-0.25, -0.2) is 0 Å². The second-order valence-corrected chi connectivity index (χ2v) is 3.70. The molecule has 3 heteroatoms. The van der Waals surface area contributed by atoms with Crippen LogP contribution in [0.2, 0.25) is 6.32 Å². The van der Waals surface area contributed by atoms with Crippen molar-refractivity contribution in [2.75, 3.05) is 0 Å². The summed E-state index contributed by atoms with van der Waals surface area (Å²) in [6, 6.07) is 0. The molecule has 0 aromatic heterocycles. The Morgan fingerprint density at radius 3 is 2.57 bits per heavy atom. The molecule has 0 radical (unpaired) electrons. The third-order valence-electron chi connectivity index (χ3n) is 1.35. The topological polar surface area (TPSA) is 0 Å². The van der Waals surface area contributed by atoms with Gasteiger partial charge in [-0.2, -0.15) is 11.5 Å². The number of hydrogen-bond acceptors (Lipinski definition) is 0. The van der Waals surface area contributed by atoms with Crippen molar-refractivity contribution >= 4 is 33.5 Å². The zero-order valence-electron chi connectivity index (χ0n) is 4.03. The highest BCUT2D eigenvalue weighted by molar-refractivity contribution is 9.10. The zero-order valence-corrected chi connectivity index (χ0v) is 6.37. The molecule has 1 aliphatic rings. The lowest BCUT2D eigenvalue weighted by atomic mass is 9.75. The molecule has 7 heavy (non-hydrogen) atoms. The summed E-state index contributed by atoms with van der Waals surface area (Å²) in [6.45, 7) is 0. The van der Waals surface area contributed by atoms with E-state index in [2.05, 4.69) is 15.9 Å². The molecule has 0 amide bonds. The van der Waals surface area contributed by atoms with Crippen molar-refractivity contribution < 1.29 is 0 Å². The van der Waals surface area contributed by atoms with Crippen molar-refractivity contribution in [1.82, 2.24) is 0 Å². The molecule has 0 bridgehead atoms. The summed E-state index contributed by atoms with van der Waals surface area (Å²) in [4.78, 5) is 0. The molecule has 0 aromatic carbocycles. The summed E-state index contributed by atoms with van der Waals surface area (Å²) in [5.74, 6) is 0. The van der Waals surface area contributed by atoms with Crippen LogP contribution >= 0.6 is 27.4 Å². The Balaban J connectivity index is 2.33. The van der Waals surface area contributed by atoms with Crippen LogP contribution in [0, 0.1) is 0 Å². The molecule has 1 saturated heterocycles. The summed E-state index contributed by atoms with van der Waals surface area (Å²) in [7, 11) is 0. The predicted molar refractivity (Wildman–Crippen MR) is 38.4 cm³/mol. The fraction of sp³-hybridized carbons (Fsp3) is 1.00. The van der Waals surface area contributed by atoms with Crippen molar-refractivity contribution in [2.45, 2.75) is 23.9 Å². The second kappa shape index (κ2) is 2.41. The van der Waals surface area contributed by atoms with Crippen LogP contribution in [0.5, 0.6) is 0 Å². The molecular formula is C4H7BBrCl. The van der Waals surface area contributed by atoms with Crippen LogP contribution in [0.3, 0.4) is 0 Å². The van der Waals surface area contributed by atoms with E-state index < -0.39 is 0 Å². The molecule has 0 aliphatic carbocycles. The summed E-state index contributed by atoms with van der Waals surface area (Å²) < 4.78 is 0.592. The van der Waals surface area contributed by atoms with Crippen LogP contribution in [-0.4, -0.2) is 10.9 Å². The lowest BCUT2D eigenvalue weighted by molar-refractivity contribution is 0.924. The first-order valence-electron chi connectivity index (χ1n) is 2.59. The second-order valence-electron chi connectivity index (χ2n) is 1.96. The van der Waals surface area contributed by atoms with Crippen LogP contribution in [0.25, 0.3) is 0 Å². The molecule has 0 spiro atoms. The standard InChI is InChI=1S/C4H7BBrCl/c6-4-2-1-3-5(4)7/h4H,1-3H2. The summed E-state index contributed by atoms with van der Waals surface area (Å²) in [6.07, 6.45) is 4.15. The summed E-state index contributed by atoms with van der Waals surface area (Å²) in [5, 5.41) is 0. The van der Waals surface area contributed by atoms with Crippen LogP contribution in [0.1, 0.15) is 12.8 Å². The number of halogens is 2. The van der Waals surface area contributed by atoms with Crippen molar-refractivity contribution in [3.8, 4) is 0 Å². The zero-order chi connectivity index (χ0) is 5.28. The third kappa shape index (κ3) is 1.36. The first-order valence-corrected chi connectivity index (χ1v) is 3.94. The molecule has 0 aromatic rings. The Bertz CT molecular complexity index is 60.7. The van der Waals surface area contributed by atoms with E-state index in [0.29, 0.717) is 10.9 Å². The van der Waals surface area contributed by atoms with Crippen LogP contribution < -0.4 is 0 Å². The Kier molecular flexibility index (Phi) is 2.05. The van der Waals surface area contributed by atoms with E-state index in [1.807, 2.05) is 0 Å². The average Bonchev–Trinajstić information content (AvgIpc) is 1.91. The highest BCUT2D eigenvalue weighted by atomic mass is 79.9. The smallest absolute Gasteiger partial charge is 0.194 e. The molecule has 1 rings (SSSR count). The van der Waals surface area contributed by atoms with Gasteiger partial charge < -0.3 is 0 Å². The fourth-order valence-corrected chi connectivity index (χ4v) is 1.74. The van der Waals surface area contributed by atoms with Crippen molar-refractivity contribution in [3.05, 3.63) is 0 Å². The van der Waals surface area contributed by atoms with Gasteiger partial charge in [0.2, 0.25) is 0 Å². The number of alkyl halides is 1. The highest BCUT2D eigenvalue weighted by Gasteiger charge is 2.26. The molecule has 0 saturated carbocycles. The van der Waals surface area contributed by atoms with Gasteiger partial charge in [-0.15, -0.1) is 0 Å². The predicted octanol–water partition coefficient (Wildman–Crippen LogP) is 2.31. The molecule has 1 aliphatic heterocycles. The quantitative estimate of drug-likeness (QED) is 0.397. The molecular weight excluding hydrogens is 174 g/mol. The maximum atomic E-state index is 5.82. The van der Waals surface area contributed by atoms with Gasteiger partial charge in [0, 0.05) is 4.73 Å². The maximum absolute atomic E-state index is 5.82.